The Balaban J connectivity index is 0. The van der Waals surface area contributed by atoms with Crippen molar-refractivity contribution in [1.29, 1.82) is 5.26 Å². The molecule has 3 heteroatoms. The van der Waals surface area contributed by atoms with Crippen molar-refractivity contribution in [3.8, 4) is 6.07 Å². The molecule has 0 heterocycles. The van der Waals surface area contributed by atoms with E-state index in [1.165, 1.54) is 0 Å². The van der Waals surface area contributed by atoms with Gasteiger partial charge in [0.2, 0.25) is 0 Å². The van der Waals surface area contributed by atoms with Gasteiger partial charge in [0.1, 0.15) is 0 Å². The molecule has 0 fully saturated rings. The molecule has 0 unspecified atom stereocenters. The summed E-state index contributed by atoms with van der Waals surface area (Å²) in [7, 11) is 0. The largest absolute Gasteiger partial charge is 0.463 e. The van der Waals surface area contributed by atoms with Crippen LogP contribution in [0.15, 0.2) is 24.8 Å². The van der Waals surface area contributed by atoms with E-state index < -0.39 is 0 Å². The predicted molar refractivity (Wildman–Crippen MR) is 47.3 cm³/mol. The van der Waals surface area contributed by atoms with Gasteiger partial charge in [-0.25, -0.2) is 4.79 Å². The van der Waals surface area contributed by atoms with Crippen LogP contribution in [0.3, 0.4) is 0 Å². The second-order valence-corrected chi connectivity index (χ2v) is 1.85. The molecule has 0 amide bonds. The Labute approximate surface area is 73.0 Å². The van der Waals surface area contributed by atoms with E-state index >= 15 is 0 Å². The topological polar surface area (TPSA) is 50.1 Å². The molecule has 0 radical (unpaired) electrons. The van der Waals surface area contributed by atoms with Crippen LogP contribution in [0.5, 0.6) is 0 Å². The lowest BCUT2D eigenvalue weighted by molar-refractivity contribution is -0.137. The molecule has 0 rings (SSSR count). The monoisotopic (exact) mass is 167 g/mol. The van der Waals surface area contributed by atoms with E-state index in [1.807, 2.05) is 6.07 Å². The van der Waals surface area contributed by atoms with Crippen molar-refractivity contribution in [2.45, 2.75) is 13.8 Å². The Morgan fingerprint density at radius 1 is 1.75 bits per heavy atom. The van der Waals surface area contributed by atoms with Gasteiger partial charge < -0.3 is 4.74 Å². The van der Waals surface area contributed by atoms with Crippen LogP contribution in [0.25, 0.3) is 0 Å². The lowest BCUT2D eigenvalue weighted by Gasteiger charge is -1.90. The molecule has 3 nitrogen and oxygen atoms in total. The van der Waals surface area contributed by atoms with Gasteiger partial charge in [-0.15, -0.1) is 0 Å². The molecule has 12 heavy (non-hydrogen) atoms. The van der Waals surface area contributed by atoms with Crippen LogP contribution in [0.1, 0.15) is 13.8 Å². The molecule has 0 saturated carbocycles. The number of rotatable bonds is 2. The lowest BCUT2D eigenvalue weighted by atomic mass is 10.4. The molecule has 0 saturated heterocycles. The molecule has 0 aromatic heterocycles. The summed E-state index contributed by atoms with van der Waals surface area (Å²) in [6.45, 7) is 10.4. The second-order valence-electron chi connectivity index (χ2n) is 1.85. The number of nitriles is 1. The highest BCUT2D eigenvalue weighted by Crippen LogP contribution is 1.75. The fourth-order valence-electron chi connectivity index (χ4n) is 0.201. The summed E-state index contributed by atoms with van der Waals surface area (Å²) in [5, 5.41) is 7.79. The zero-order chi connectivity index (χ0) is 9.98. The molecular formula is C9H13NO2. The average Bonchev–Trinajstić information content (AvgIpc) is 2.06. The maximum atomic E-state index is 10.1. The molecule has 66 valence electrons. The van der Waals surface area contributed by atoms with Gasteiger partial charge in [0.15, 0.2) is 0 Å². The standard InChI is InChI=1S/C5H8O2.C4H5N/c1-3-5(6)7-4-2;1-4(2)3-5/h3H,1,4H2,2H3;1H2,2H3. The van der Waals surface area contributed by atoms with Crippen LogP contribution in [0.4, 0.5) is 0 Å². The van der Waals surface area contributed by atoms with E-state index in [2.05, 4.69) is 17.9 Å². The Bertz CT molecular complexity index is 201. The molecule has 0 aromatic carbocycles. The van der Waals surface area contributed by atoms with E-state index in [0.717, 1.165) is 6.08 Å². The number of carbonyl (C=O) groups excluding carboxylic acids is 1. The van der Waals surface area contributed by atoms with Gasteiger partial charge in [0.05, 0.1) is 12.7 Å². The van der Waals surface area contributed by atoms with E-state index in [9.17, 15) is 4.79 Å². The second kappa shape index (κ2) is 9.44. The number of esters is 1. The van der Waals surface area contributed by atoms with Crippen LogP contribution in [-0.2, 0) is 9.53 Å². The maximum absolute atomic E-state index is 10.1. The smallest absolute Gasteiger partial charge is 0.330 e. The average molecular weight is 167 g/mol. The molecule has 0 spiro atoms. The number of allylic oxidation sites excluding steroid dienone is 1. The first-order valence-corrected chi connectivity index (χ1v) is 3.43. The SMILES string of the molecule is C=C(C)C#N.C=CC(=O)OCC. The van der Waals surface area contributed by atoms with Gasteiger partial charge in [-0.2, -0.15) is 5.26 Å². The molecule has 0 aliphatic heterocycles. The van der Waals surface area contributed by atoms with Gasteiger partial charge in [0, 0.05) is 11.6 Å². The highest BCUT2D eigenvalue weighted by atomic mass is 16.5. The van der Waals surface area contributed by atoms with E-state index in [0.29, 0.717) is 12.2 Å². The van der Waals surface area contributed by atoms with Gasteiger partial charge in [-0.1, -0.05) is 13.2 Å². The Morgan fingerprint density at radius 3 is 2.25 bits per heavy atom. The predicted octanol–water partition coefficient (Wildman–Crippen LogP) is 1.82. The number of nitrogens with zero attached hydrogens (tertiary/aromatic N) is 1. The van der Waals surface area contributed by atoms with Crippen LogP contribution in [0, 0.1) is 11.3 Å². The number of hydrogen-bond acceptors (Lipinski definition) is 3. The Hall–Kier alpha value is -1.56. The minimum Gasteiger partial charge on any atom is -0.463 e. The first kappa shape index (κ1) is 13.1. The summed E-state index contributed by atoms with van der Waals surface area (Å²) < 4.78 is 4.43. The van der Waals surface area contributed by atoms with Crippen molar-refractivity contribution < 1.29 is 9.53 Å². The normalized spacial score (nSPS) is 6.75. The zero-order valence-corrected chi connectivity index (χ0v) is 7.46. The van der Waals surface area contributed by atoms with Crippen molar-refractivity contribution in [2.75, 3.05) is 6.61 Å². The first-order chi connectivity index (χ1) is 5.58. The van der Waals surface area contributed by atoms with Crippen LogP contribution in [-0.4, -0.2) is 12.6 Å². The van der Waals surface area contributed by atoms with Gasteiger partial charge in [-0.05, 0) is 13.8 Å². The van der Waals surface area contributed by atoms with Gasteiger partial charge in [-0.3, -0.25) is 0 Å². The number of ether oxygens (including phenoxy) is 1. The van der Waals surface area contributed by atoms with Crippen molar-refractivity contribution >= 4 is 5.97 Å². The third-order valence-electron chi connectivity index (χ3n) is 0.644. The van der Waals surface area contributed by atoms with E-state index in [1.54, 1.807) is 13.8 Å². The molecule has 0 aliphatic rings. The summed E-state index contributed by atoms with van der Waals surface area (Å²) in [5.74, 6) is -0.359. The molecule has 0 aromatic rings. The molecule has 0 aliphatic carbocycles. The quantitative estimate of drug-likeness (QED) is 0.358. The first-order valence-electron chi connectivity index (χ1n) is 3.43. The zero-order valence-electron chi connectivity index (χ0n) is 7.46. The maximum Gasteiger partial charge on any atom is 0.330 e. The van der Waals surface area contributed by atoms with Crippen molar-refractivity contribution in [2.24, 2.45) is 0 Å². The number of hydrogen-bond donors (Lipinski definition) is 0. The molecule has 0 bridgehead atoms. The summed E-state index contributed by atoms with van der Waals surface area (Å²) >= 11 is 0. The summed E-state index contributed by atoms with van der Waals surface area (Å²) in [6, 6.07) is 1.83. The van der Waals surface area contributed by atoms with Gasteiger partial charge in [0.25, 0.3) is 0 Å². The summed E-state index contributed by atoms with van der Waals surface area (Å²) in [4.78, 5) is 10.1. The van der Waals surface area contributed by atoms with Crippen LogP contribution in [0.2, 0.25) is 0 Å². The minimum absolute atomic E-state index is 0.359. The van der Waals surface area contributed by atoms with Crippen molar-refractivity contribution in [1.82, 2.24) is 0 Å². The van der Waals surface area contributed by atoms with Gasteiger partial charge >= 0.3 is 5.97 Å². The van der Waals surface area contributed by atoms with Crippen LogP contribution < -0.4 is 0 Å². The van der Waals surface area contributed by atoms with Crippen molar-refractivity contribution in [3.05, 3.63) is 24.8 Å². The molecule has 0 atom stereocenters. The summed E-state index contributed by atoms with van der Waals surface area (Å²) in [5.41, 5.74) is 0.560. The molecular weight excluding hydrogens is 154 g/mol. The van der Waals surface area contributed by atoms with E-state index in [-0.39, 0.29) is 5.97 Å². The highest BCUT2D eigenvalue weighted by Gasteiger charge is 1.86. The Morgan fingerprint density at radius 2 is 2.17 bits per heavy atom. The third kappa shape index (κ3) is 15.8. The fraction of sp³-hybridized carbons (Fsp3) is 0.333. The third-order valence-corrected chi connectivity index (χ3v) is 0.644. The molecule has 0 N–H and O–H groups in total. The Kier molecular flexibility index (Phi) is 10.3. The number of carbonyl (C=O) groups is 1. The highest BCUT2D eigenvalue weighted by molar-refractivity contribution is 5.81. The minimum atomic E-state index is -0.359. The van der Waals surface area contributed by atoms with E-state index in [4.69, 9.17) is 5.26 Å². The van der Waals surface area contributed by atoms with Crippen molar-refractivity contribution in [3.63, 3.8) is 0 Å². The summed E-state index contributed by atoms with van der Waals surface area (Å²) in [6.07, 6.45) is 1.14. The fourth-order valence-corrected chi connectivity index (χ4v) is 0.201. The lowest BCUT2D eigenvalue weighted by Crippen LogP contribution is -1.97. The van der Waals surface area contributed by atoms with Crippen LogP contribution >= 0.6 is 0 Å².